The van der Waals surface area contributed by atoms with E-state index in [0.29, 0.717) is 10.7 Å². The quantitative estimate of drug-likeness (QED) is 0.532. The Morgan fingerprint density at radius 3 is 2.79 bits per heavy atom. The van der Waals surface area contributed by atoms with Crippen LogP contribution in [0.1, 0.15) is 16.1 Å². The first kappa shape index (κ1) is 9.09. The van der Waals surface area contributed by atoms with Crippen LogP contribution >= 0.6 is 11.6 Å². The number of aldehydes is 1. The van der Waals surface area contributed by atoms with Gasteiger partial charge in [0.15, 0.2) is 6.29 Å². The lowest BCUT2D eigenvalue weighted by atomic mass is 10.1. The largest absolute Gasteiger partial charge is 0.298 e. The summed E-state index contributed by atoms with van der Waals surface area (Å²) in [7, 11) is 0. The molecule has 0 bridgehead atoms. The van der Waals surface area contributed by atoms with Crippen LogP contribution in [0.5, 0.6) is 0 Å². The number of carbonyl (C=O) groups is 1. The van der Waals surface area contributed by atoms with Crippen LogP contribution in [-0.2, 0) is 0 Å². The van der Waals surface area contributed by atoms with Crippen LogP contribution in [0.4, 0.5) is 0 Å². The third kappa shape index (κ3) is 1.36. The predicted molar refractivity (Wildman–Crippen MR) is 54.7 cm³/mol. The van der Waals surface area contributed by atoms with Crippen molar-refractivity contribution >= 4 is 28.7 Å². The number of aromatic nitrogens is 2. The van der Waals surface area contributed by atoms with E-state index in [1.54, 1.807) is 18.5 Å². The summed E-state index contributed by atoms with van der Waals surface area (Å²) in [6, 6.07) is 1.68. The van der Waals surface area contributed by atoms with Gasteiger partial charge >= 0.3 is 0 Å². The van der Waals surface area contributed by atoms with Gasteiger partial charge in [-0.1, -0.05) is 11.6 Å². The number of hydrogen-bond acceptors (Lipinski definition) is 3. The Morgan fingerprint density at radius 1 is 1.29 bits per heavy atom. The summed E-state index contributed by atoms with van der Waals surface area (Å²) in [5, 5.41) is 2.04. The second kappa shape index (κ2) is 3.35. The van der Waals surface area contributed by atoms with Crippen molar-refractivity contribution in [2.45, 2.75) is 6.92 Å². The molecule has 2 heterocycles. The molecule has 0 saturated carbocycles. The number of pyridine rings is 2. The molecule has 0 N–H and O–H groups in total. The van der Waals surface area contributed by atoms with Gasteiger partial charge in [0.25, 0.3) is 0 Å². The lowest BCUT2D eigenvalue weighted by Crippen LogP contribution is -1.91. The predicted octanol–water partition coefficient (Wildman–Crippen LogP) is 2.40. The molecule has 0 aliphatic heterocycles. The zero-order valence-electron chi connectivity index (χ0n) is 7.49. The van der Waals surface area contributed by atoms with Crippen LogP contribution in [0, 0.1) is 6.92 Å². The third-order valence-electron chi connectivity index (χ3n) is 2.10. The zero-order chi connectivity index (χ0) is 10.1. The average molecular weight is 207 g/mol. The van der Waals surface area contributed by atoms with E-state index in [4.69, 9.17) is 11.6 Å². The van der Waals surface area contributed by atoms with Gasteiger partial charge in [-0.3, -0.25) is 9.78 Å². The van der Waals surface area contributed by atoms with Crippen molar-refractivity contribution in [3.63, 3.8) is 0 Å². The highest BCUT2D eigenvalue weighted by atomic mass is 35.5. The van der Waals surface area contributed by atoms with E-state index in [2.05, 4.69) is 9.97 Å². The highest BCUT2D eigenvalue weighted by Crippen LogP contribution is 2.21. The van der Waals surface area contributed by atoms with Gasteiger partial charge in [-0.25, -0.2) is 4.98 Å². The Morgan fingerprint density at radius 2 is 2.07 bits per heavy atom. The molecule has 2 aromatic rings. The molecule has 14 heavy (non-hydrogen) atoms. The van der Waals surface area contributed by atoms with E-state index in [-0.39, 0.29) is 0 Å². The molecule has 2 rings (SSSR count). The Balaban J connectivity index is 2.92. The van der Waals surface area contributed by atoms with Crippen molar-refractivity contribution in [2.75, 3.05) is 0 Å². The molecule has 0 atom stereocenters. The molecule has 0 aliphatic carbocycles. The van der Waals surface area contributed by atoms with Crippen LogP contribution in [0.15, 0.2) is 18.5 Å². The van der Waals surface area contributed by atoms with Gasteiger partial charge in [0.05, 0.1) is 0 Å². The molecule has 0 aliphatic rings. The van der Waals surface area contributed by atoms with Gasteiger partial charge in [-0.15, -0.1) is 0 Å². The van der Waals surface area contributed by atoms with Crippen molar-refractivity contribution in [3.8, 4) is 0 Å². The lowest BCUT2D eigenvalue weighted by Gasteiger charge is -2.03. The van der Waals surface area contributed by atoms with Gasteiger partial charge in [0, 0.05) is 34.4 Å². The maximum atomic E-state index is 10.7. The third-order valence-corrected chi connectivity index (χ3v) is 2.30. The molecule has 0 unspecified atom stereocenters. The Kier molecular flexibility index (Phi) is 2.17. The van der Waals surface area contributed by atoms with Crippen molar-refractivity contribution < 1.29 is 4.79 Å². The van der Waals surface area contributed by atoms with Crippen molar-refractivity contribution in [2.24, 2.45) is 0 Å². The maximum absolute atomic E-state index is 10.7. The molecular formula is C10H7ClN2O. The average Bonchev–Trinajstić information content (AvgIpc) is 2.18. The monoisotopic (exact) mass is 206 g/mol. The number of carbonyl (C=O) groups excluding carboxylic acids is 1. The SMILES string of the molecule is Cc1ncc(C=O)c2cc(Cl)ncc12. The molecule has 0 radical (unpaired) electrons. The fourth-order valence-electron chi connectivity index (χ4n) is 1.36. The molecule has 0 saturated heterocycles. The summed E-state index contributed by atoms with van der Waals surface area (Å²) in [6.07, 6.45) is 3.94. The van der Waals surface area contributed by atoms with Gasteiger partial charge in [-0.05, 0) is 13.0 Å². The normalized spacial score (nSPS) is 10.4. The minimum absolute atomic E-state index is 0.381. The number of halogens is 1. The van der Waals surface area contributed by atoms with Gasteiger partial charge in [0.2, 0.25) is 0 Å². The molecule has 0 amide bonds. The number of hydrogen-bond donors (Lipinski definition) is 0. The topological polar surface area (TPSA) is 42.9 Å². The van der Waals surface area contributed by atoms with E-state index in [0.717, 1.165) is 22.8 Å². The van der Waals surface area contributed by atoms with E-state index in [9.17, 15) is 4.79 Å². The summed E-state index contributed by atoms with van der Waals surface area (Å²) in [6.45, 7) is 1.87. The van der Waals surface area contributed by atoms with Crippen LogP contribution < -0.4 is 0 Å². The first-order valence-electron chi connectivity index (χ1n) is 4.08. The van der Waals surface area contributed by atoms with Crippen molar-refractivity contribution in [1.29, 1.82) is 0 Å². The summed E-state index contributed by atoms with van der Waals surface area (Å²) < 4.78 is 0. The number of fused-ring (bicyclic) bond motifs is 1. The zero-order valence-corrected chi connectivity index (χ0v) is 8.25. The van der Waals surface area contributed by atoms with Gasteiger partial charge in [0.1, 0.15) is 5.15 Å². The summed E-state index contributed by atoms with van der Waals surface area (Å²) in [5.41, 5.74) is 1.38. The van der Waals surface area contributed by atoms with E-state index in [1.807, 2.05) is 6.92 Å². The minimum atomic E-state index is 0.381. The van der Waals surface area contributed by atoms with Crippen LogP contribution in [0.25, 0.3) is 10.8 Å². The Labute approximate surface area is 85.7 Å². The fraction of sp³-hybridized carbons (Fsp3) is 0.100. The number of nitrogens with zero attached hydrogens (tertiary/aromatic N) is 2. The number of rotatable bonds is 1. The van der Waals surface area contributed by atoms with E-state index >= 15 is 0 Å². The molecule has 70 valence electrons. The second-order valence-corrected chi connectivity index (χ2v) is 3.36. The standard InChI is InChI=1S/C10H7ClN2O/c1-6-9-4-13-10(11)2-8(9)7(5-14)3-12-6/h2-5H,1H3. The van der Waals surface area contributed by atoms with E-state index in [1.165, 1.54) is 0 Å². The summed E-state index contributed by atoms with van der Waals surface area (Å²) in [4.78, 5) is 18.8. The lowest BCUT2D eigenvalue weighted by molar-refractivity contribution is 0.112. The molecule has 0 aromatic carbocycles. The fourth-order valence-corrected chi connectivity index (χ4v) is 1.51. The van der Waals surface area contributed by atoms with Gasteiger partial charge < -0.3 is 0 Å². The van der Waals surface area contributed by atoms with Crippen LogP contribution in [0.2, 0.25) is 5.15 Å². The molecule has 2 aromatic heterocycles. The van der Waals surface area contributed by atoms with Crippen molar-refractivity contribution in [1.82, 2.24) is 9.97 Å². The van der Waals surface area contributed by atoms with E-state index < -0.39 is 0 Å². The van der Waals surface area contributed by atoms with Crippen molar-refractivity contribution in [3.05, 3.63) is 34.9 Å². The molecule has 3 nitrogen and oxygen atoms in total. The summed E-state index contributed by atoms with van der Waals surface area (Å²) in [5.74, 6) is 0. The maximum Gasteiger partial charge on any atom is 0.152 e. The molecular weight excluding hydrogens is 200 g/mol. The van der Waals surface area contributed by atoms with Gasteiger partial charge in [-0.2, -0.15) is 0 Å². The molecule has 4 heteroatoms. The molecule has 0 fully saturated rings. The summed E-state index contributed by atoms with van der Waals surface area (Å²) >= 11 is 5.75. The Bertz CT molecular complexity index is 511. The van der Waals surface area contributed by atoms with Crippen LogP contribution in [0.3, 0.4) is 0 Å². The minimum Gasteiger partial charge on any atom is -0.298 e. The van der Waals surface area contributed by atoms with Crippen LogP contribution in [-0.4, -0.2) is 16.3 Å². The second-order valence-electron chi connectivity index (χ2n) is 2.97. The number of aryl methyl sites for hydroxylation is 1. The first-order valence-corrected chi connectivity index (χ1v) is 4.46. The smallest absolute Gasteiger partial charge is 0.152 e. The first-order chi connectivity index (χ1) is 6.72. The Hall–Kier alpha value is -1.48. The highest BCUT2D eigenvalue weighted by Gasteiger charge is 2.05. The highest BCUT2D eigenvalue weighted by molar-refractivity contribution is 6.30. The molecule has 0 spiro atoms.